The first-order valence-corrected chi connectivity index (χ1v) is 6.56. The summed E-state index contributed by atoms with van der Waals surface area (Å²) in [6.45, 7) is 0. The molecule has 3 aromatic rings. The molecule has 1 N–H and O–H groups in total. The molecular weight excluding hydrogens is 290 g/mol. The van der Waals surface area contributed by atoms with Crippen molar-refractivity contribution in [2.45, 2.75) is 0 Å². The van der Waals surface area contributed by atoms with Crippen LogP contribution in [-0.2, 0) is 0 Å². The number of hydrogen-bond donors (Lipinski definition) is 1. The zero-order chi connectivity index (χ0) is 14.7. The SMILES string of the molecule is O=C(Nc1noc(-c2ccccc2)n1)c1ccc(Cl)cc1. The zero-order valence-corrected chi connectivity index (χ0v) is 11.5. The van der Waals surface area contributed by atoms with Crippen molar-refractivity contribution >= 4 is 23.5 Å². The number of rotatable bonds is 3. The average molecular weight is 300 g/mol. The van der Waals surface area contributed by atoms with E-state index in [1.165, 1.54) is 0 Å². The third kappa shape index (κ3) is 3.09. The third-order valence-corrected chi connectivity index (χ3v) is 3.03. The molecule has 5 nitrogen and oxygen atoms in total. The van der Waals surface area contributed by atoms with E-state index in [4.69, 9.17) is 16.1 Å². The van der Waals surface area contributed by atoms with E-state index in [1.807, 2.05) is 30.3 Å². The molecule has 1 amide bonds. The highest BCUT2D eigenvalue weighted by Crippen LogP contribution is 2.18. The molecule has 0 aliphatic heterocycles. The van der Waals surface area contributed by atoms with Crippen LogP contribution < -0.4 is 5.32 Å². The van der Waals surface area contributed by atoms with Gasteiger partial charge in [0.2, 0.25) is 0 Å². The highest BCUT2D eigenvalue weighted by molar-refractivity contribution is 6.30. The van der Waals surface area contributed by atoms with Crippen molar-refractivity contribution in [1.82, 2.24) is 10.1 Å². The Morgan fingerprint density at radius 2 is 1.76 bits per heavy atom. The van der Waals surface area contributed by atoms with Gasteiger partial charge < -0.3 is 4.52 Å². The van der Waals surface area contributed by atoms with Gasteiger partial charge in [-0.25, -0.2) is 0 Å². The van der Waals surface area contributed by atoms with Gasteiger partial charge >= 0.3 is 0 Å². The monoisotopic (exact) mass is 299 g/mol. The summed E-state index contributed by atoms with van der Waals surface area (Å²) in [7, 11) is 0. The maximum Gasteiger partial charge on any atom is 0.270 e. The summed E-state index contributed by atoms with van der Waals surface area (Å²) in [4.78, 5) is 16.1. The number of amides is 1. The van der Waals surface area contributed by atoms with Crippen LogP contribution in [0.25, 0.3) is 11.5 Å². The van der Waals surface area contributed by atoms with Gasteiger partial charge in [0, 0.05) is 16.1 Å². The summed E-state index contributed by atoms with van der Waals surface area (Å²) < 4.78 is 5.11. The number of carbonyl (C=O) groups excluding carboxylic acids is 1. The molecule has 1 aromatic heterocycles. The van der Waals surface area contributed by atoms with Gasteiger partial charge in [-0.2, -0.15) is 4.98 Å². The smallest absolute Gasteiger partial charge is 0.270 e. The van der Waals surface area contributed by atoms with Crippen molar-refractivity contribution < 1.29 is 9.32 Å². The van der Waals surface area contributed by atoms with Crippen LogP contribution in [0.5, 0.6) is 0 Å². The molecule has 21 heavy (non-hydrogen) atoms. The first-order valence-electron chi connectivity index (χ1n) is 6.18. The van der Waals surface area contributed by atoms with Crippen molar-refractivity contribution in [3.8, 4) is 11.5 Å². The predicted octanol–water partition coefficient (Wildman–Crippen LogP) is 3.64. The van der Waals surface area contributed by atoms with Gasteiger partial charge in [-0.05, 0) is 41.6 Å². The lowest BCUT2D eigenvalue weighted by atomic mass is 10.2. The molecule has 0 saturated heterocycles. The fourth-order valence-corrected chi connectivity index (χ4v) is 1.87. The first-order chi connectivity index (χ1) is 10.2. The van der Waals surface area contributed by atoms with E-state index in [0.29, 0.717) is 16.5 Å². The van der Waals surface area contributed by atoms with E-state index >= 15 is 0 Å². The van der Waals surface area contributed by atoms with Crippen molar-refractivity contribution in [3.05, 3.63) is 65.2 Å². The van der Waals surface area contributed by atoms with Crippen molar-refractivity contribution in [3.63, 3.8) is 0 Å². The van der Waals surface area contributed by atoms with Gasteiger partial charge in [0.05, 0.1) is 0 Å². The Hall–Kier alpha value is -2.66. The van der Waals surface area contributed by atoms with Gasteiger partial charge in [-0.3, -0.25) is 10.1 Å². The first kappa shape index (κ1) is 13.3. The van der Waals surface area contributed by atoms with E-state index in [0.717, 1.165) is 5.56 Å². The van der Waals surface area contributed by atoms with Gasteiger partial charge in [0.15, 0.2) is 0 Å². The minimum Gasteiger partial charge on any atom is -0.332 e. The lowest BCUT2D eigenvalue weighted by molar-refractivity contribution is 0.102. The van der Waals surface area contributed by atoms with Gasteiger partial charge in [0.1, 0.15) is 0 Å². The summed E-state index contributed by atoms with van der Waals surface area (Å²) in [5, 5.41) is 6.87. The van der Waals surface area contributed by atoms with Crippen LogP contribution in [-0.4, -0.2) is 16.0 Å². The lowest BCUT2D eigenvalue weighted by Crippen LogP contribution is -2.12. The molecule has 0 radical (unpaired) electrons. The van der Waals surface area contributed by atoms with Gasteiger partial charge in [0.25, 0.3) is 17.7 Å². The minimum atomic E-state index is -0.327. The Kier molecular flexibility index (Phi) is 3.66. The van der Waals surface area contributed by atoms with Crippen LogP contribution in [0.2, 0.25) is 5.02 Å². The highest BCUT2D eigenvalue weighted by Gasteiger charge is 2.12. The third-order valence-electron chi connectivity index (χ3n) is 2.78. The molecule has 0 aliphatic rings. The minimum absolute atomic E-state index is 0.119. The molecule has 0 fully saturated rings. The summed E-state index contributed by atoms with van der Waals surface area (Å²) >= 11 is 5.78. The van der Waals surface area contributed by atoms with Gasteiger partial charge in [-0.1, -0.05) is 29.8 Å². The molecule has 104 valence electrons. The zero-order valence-electron chi connectivity index (χ0n) is 10.8. The fraction of sp³-hybridized carbons (Fsp3) is 0. The molecule has 0 saturated carbocycles. The second-order valence-corrected chi connectivity index (χ2v) is 4.69. The van der Waals surface area contributed by atoms with Crippen molar-refractivity contribution in [2.75, 3.05) is 5.32 Å². The summed E-state index contributed by atoms with van der Waals surface area (Å²) in [6, 6.07) is 15.8. The molecule has 2 aromatic carbocycles. The normalized spacial score (nSPS) is 10.3. The Morgan fingerprint density at radius 1 is 1.05 bits per heavy atom. The maximum atomic E-state index is 12.0. The van der Waals surface area contributed by atoms with Crippen LogP contribution in [0.3, 0.4) is 0 Å². The highest BCUT2D eigenvalue weighted by atomic mass is 35.5. The molecule has 6 heteroatoms. The summed E-state index contributed by atoms with van der Waals surface area (Å²) in [5.41, 5.74) is 1.25. The number of nitrogens with zero attached hydrogens (tertiary/aromatic N) is 2. The van der Waals surface area contributed by atoms with E-state index < -0.39 is 0 Å². The van der Waals surface area contributed by atoms with E-state index in [9.17, 15) is 4.79 Å². The second-order valence-electron chi connectivity index (χ2n) is 4.25. The van der Waals surface area contributed by atoms with E-state index in [1.54, 1.807) is 24.3 Å². The average Bonchev–Trinajstić information content (AvgIpc) is 2.97. The summed E-state index contributed by atoms with van der Waals surface area (Å²) in [5.74, 6) is 0.142. The standard InChI is InChI=1S/C15H10ClN3O2/c16-12-8-6-10(7-9-12)13(20)17-15-18-14(21-19-15)11-4-2-1-3-5-11/h1-9H,(H,17,19,20). The molecule has 0 atom stereocenters. The van der Waals surface area contributed by atoms with Gasteiger partial charge in [-0.15, -0.1) is 0 Å². The second kappa shape index (κ2) is 5.76. The van der Waals surface area contributed by atoms with E-state index in [2.05, 4.69) is 15.5 Å². The predicted molar refractivity (Wildman–Crippen MR) is 79.1 cm³/mol. The Bertz CT molecular complexity index is 754. The topological polar surface area (TPSA) is 68.0 Å². The molecule has 3 rings (SSSR count). The maximum absolute atomic E-state index is 12.0. The number of halogens is 1. The van der Waals surface area contributed by atoms with Crippen LogP contribution in [0.4, 0.5) is 5.95 Å². The number of aromatic nitrogens is 2. The lowest BCUT2D eigenvalue weighted by Gasteiger charge is -1.99. The number of hydrogen-bond acceptors (Lipinski definition) is 4. The summed E-state index contributed by atoms with van der Waals surface area (Å²) in [6.07, 6.45) is 0. The number of carbonyl (C=O) groups is 1. The van der Waals surface area contributed by atoms with Crippen LogP contribution in [0.1, 0.15) is 10.4 Å². The van der Waals surface area contributed by atoms with Crippen LogP contribution in [0.15, 0.2) is 59.1 Å². The molecule has 1 heterocycles. The molecule has 0 aliphatic carbocycles. The Balaban J connectivity index is 1.75. The van der Waals surface area contributed by atoms with Crippen molar-refractivity contribution in [2.24, 2.45) is 0 Å². The molecule has 0 spiro atoms. The van der Waals surface area contributed by atoms with Crippen LogP contribution in [0, 0.1) is 0 Å². The Labute approximate surface area is 125 Å². The van der Waals surface area contributed by atoms with Crippen molar-refractivity contribution in [1.29, 1.82) is 0 Å². The quantitative estimate of drug-likeness (QED) is 0.801. The fourth-order valence-electron chi connectivity index (χ4n) is 1.75. The molecule has 0 unspecified atom stereocenters. The Morgan fingerprint density at radius 3 is 2.48 bits per heavy atom. The van der Waals surface area contributed by atoms with E-state index in [-0.39, 0.29) is 11.9 Å². The largest absolute Gasteiger partial charge is 0.332 e. The molecular formula is C15H10ClN3O2. The number of anilines is 1. The van der Waals surface area contributed by atoms with Crippen LogP contribution >= 0.6 is 11.6 Å². The number of nitrogens with one attached hydrogen (secondary N) is 1. The number of benzene rings is 2. The molecule has 0 bridgehead atoms.